The zero-order chi connectivity index (χ0) is 9.68. The van der Waals surface area contributed by atoms with Gasteiger partial charge >= 0.3 is 0 Å². The number of aromatic nitrogens is 3. The minimum absolute atomic E-state index is 0.921. The summed E-state index contributed by atoms with van der Waals surface area (Å²) in [6, 6.07) is 3.84. The van der Waals surface area contributed by atoms with Crippen LogP contribution < -0.4 is 0 Å². The first-order chi connectivity index (χ1) is 6.42. The van der Waals surface area contributed by atoms with Gasteiger partial charge in [0, 0.05) is 6.20 Å². The predicted octanol–water partition coefficient (Wildman–Crippen LogP) is 2.32. The molecule has 2 aromatic rings. The molecular formula is C10H15N3. The SMILES string of the molecule is CC.CCc1cnc2cccnn12. The van der Waals surface area contributed by atoms with E-state index >= 15 is 0 Å². The highest BCUT2D eigenvalue weighted by Crippen LogP contribution is 2.03. The van der Waals surface area contributed by atoms with Gasteiger partial charge in [-0.25, -0.2) is 9.50 Å². The van der Waals surface area contributed by atoms with E-state index < -0.39 is 0 Å². The van der Waals surface area contributed by atoms with Crippen LogP contribution in [-0.2, 0) is 6.42 Å². The summed E-state index contributed by atoms with van der Waals surface area (Å²) in [6.07, 6.45) is 4.61. The summed E-state index contributed by atoms with van der Waals surface area (Å²) in [5.74, 6) is 0. The molecule has 0 radical (unpaired) electrons. The maximum Gasteiger partial charge on any atom is 0.153 e. The second-order valence-electron chi connectivity index (χ2n) is 2.40. The number of nitrogens with zero attached hydrogens (tertiary/aromatic N) is 3. The van der Waals surface area contributed by atoms with E-state index in [1.54, 1.807) is 6.20 Å². The maximum atomic E-state index is 4.19. The highest BCUT2D eigenvalue weighted by molar-refractivity contribution is 5.37. The van der Waals surface area contributed by atoms with Crippen molar-refractivity contribution >= 4 is 5.65 Å². The highest BCUT2D eigenvalue weighted by atomic mass is 15.2. The number of rotatable bonds is 1. The standard InChI is InChI=1S/C8H9N3.C2H6/c1-2-7-6-9-8-4-3-5-10-11(7)8;1-2/h3-6H,2H2,1H3;1-2H3. The van der Waals surface area contributed by atoms with Crippen molar-refractivity contribution in [2.24, 2.45) is 0 Å². The second kappa shape index (κ2) is 4.60. The molecule has 2 rings (SSSR count). The van der Waals surface area contributed by atoms with Crippen LogP contribution in [0.5, 0.6) is 0 Å². The quantitative estimate of drug-likeness (QED) is 0.669. The zero-order valence-electron chi connectivity index (χ0n) is 8.36. The molecule has 0 aliphatic carbocycles. The molecule has 3 nitrogen and oxygen atoms in total. The summed E-state index contributed by atoms with van der Waals surface area (Å²) >= 11 is 0. The molecule has 0 atom stereocenters. The summed E-state index contributed by atoms with van der Waals surface area (Å²) in [6.45, 7) is 6.10. The van der Waals surface area contributed by atoms with Gasteiger partial charge in [0.05, 0.1) is 11.9 Å². The van der Waals surface area contributed by atoms with Crippen molar-refractivity contribution in [1.82, 2.24) is 14.6 Å². The van der Waals surface area contributed by atoms with Gasteiger partial charge in [0.2, 0.25) is 0 Å². The van der Waals surface area contributed by atoms with Gasteiger partial charge in [0.15, 0.2) is 5.65 Å². The molecule has 0 saturated heterocycles. The first-order valence-corrected chi connectivity index (χ1v) is 4.69. The lowest BCUT2D eigenvalue weighted by Crippen LogP contribution is -1.93. The van der Waals surface area contributed by atoms with E-state index in [9.17, 15) is 0 Å². The van der Waals surface area contributed by atoms with Gasteiger partial charge in [0.25, 0.3) is 0 Å². The Labute approximate surface area is 78.4 Å². The van der Waals surface area contributed by atoms with Crippen LogP contribution >= 0.6 is 0 Å². The van der Waals surface area contributed by atoms with Crippen molar-refractivity contribution in [3.63, 3.8) is 0 Å². The predicted molar refractivity (Wildman–Crippen MR) is 53.7 cm³/mol. The Kier molecular flexibility index (Phi) is 3.43. The van der Waals surface area contributed by atoms with Crippen LogP contribution in [0.4, 0.5) is 0 Å². The van der Waals surface area contributed by atoms with Crippen molar-refractivity contribution in [2.75, 3.05) is 0 Å². The lowest BCUT2D eigenvalue weighted by Gasteiger charge is -1.93. The molecule has 0 N–H and O–H groups in total. The summed E-state index contributed by atoms with van der Waals surface area (Å²) < 4.78 is 1.86. The summed E-state index contributed by atoms with van der Waals surface area (Å²) in [5.41, 5.74) is 2.07. The third-order valence-electron chi connectivity index (χ3n) is 1.71. The molecule has 0 spiro atoms. The average molecular weight is 177 g/mol. The largest absolute Gasteiger partial charge is 0.235 e. The lowest BCUT2D eigenvalue weighted by molar-refractivity contribution is 0.859. The van der Waals surface area contributed by atoms with Gasteiger partial charge in [0.1, 0.15) is 0 Å². The number of imidazole rings is 1. The zero-order valence-corrected chi connectivity index (χ0v) is 8.36. The molecule has 0 unspecified atom stereocenters. The normalized spacial score (nSPS) is 9.46. The van der Waals surface area contributed by atoms with E-state index in [4.69, 9.17) is 0 Å². The van der Waals surface area contributed by atoms with Crippen molar-refractivity contribution in [3.8, 4) is 0 Å². The van der Waals surface area contributed by atoms with Gasteiger partial charge in [-0.2, -0.15) is 5.10 Å². The van der Waals surface area contributed by atoms with E-state index in [0.717, 1.165) is 17.8 Å². The van der Waals surface area contributed by atoms with Gasteiger partial charge in [-0.1, -0.05) is 20.8 Å². The van der Waals surface area contributed by atoms with Crippen molar-refractivity contribution in [3.05, 3.63) is 30.2 Å². The summed E-state index contributed by atoms with van der Waals surface area (Å²) in [4.78, 5) is 4.19. The van der Waals surface area contributed by atoms with Crippen LogP contribution in [0.1, 0.15) is 26.5 Å². The summed E-state index contributed by atoms with van der Waals surface area (Å²) in [5, 5.41) is 4.17. The number of hydrogen-bond donors (Lipinski definition) is 0. The molecule has 0 amide bonds. The highest BCUT2D eigenvalue weighted by Gasteiger charge is 1.98. The molecule has 0 bridgehead atoms. The van der Waals surface area contributed by atoms with Crippen molar-refractivity contribution in [1.29, 1.82) is 0 Å². The van der Waals surface area contributed by atoms with Gasteiger partial charge < -0.3 is 0 Å². The topological polar surface area (TPSA) is 30.2 Å². The van der Waals surface area contributed by atoms with Gasteiger partial charge in [-0.05, 0) is 18.6 Å². The number of hydrogen-bond acceptors (Lipinski definition) is 2. The van der Waals surface area contributed by atoms with Crippen LogP contribution in [0.15, 0.2) is 24.5 Å². The van der Waals surface area contributed by atoms with Crippen LogP contribution in [0, 0.1) is 0 Å². The second-order valence-corrected chi connectivity index (χ2v) is 2.40. The maximum absolute atomic E-state index is 4.19. The van der Waals surface area contributed by atoms with E-state index in [1.807, 2.05) is 36.7 Å². The smallest absolute Gasteiger partial charge is 0.153 e. The monoisotopic (exact) mass is 177 g/mol. The first-order valence-electron chi connectivity index (χ1n) is 4.69. The molecule has 0 aliphatic heterocycles. The van der Waals surface area contributed by atoms with Gasteiger partial charge in [-0.3, -0.25) is 0 Å². The first kappa shape index (κ1) is 9.71. The van der Waals surface area contributed by atoms with E-state index in [1.165, 1.54) is 0 Å². The molecule has 2 aromatic heterocycles. The Balaban J connectivity index is 0.000000396. The minimum atomic E-state index is 0.921. The molecule has 2 heterocycles. The third-order valence-corrected chi connectivity index (χ3v) is 1.71. The Hall–Kier alpha value is -1.38. The molecule has 0 fully saturated rings. The fraction of sp³-hybridized carbons (Fsp3) is 0.400. The Morgan fingerprint density at radius 3 is 2.85 bits per heavy atom. The number of aryl methyl sites for hydroxylation is 1. The van der Waals surface area contributed by atoms with Gasteiger partial charge in [-0.15, -0.1) is 0 Å². The van der Waals surface area contributed by atoms with Crippen LogP contribution in [-0.4, -0.2) is 14.6 Å². The fourth-order valence-electron chi connectivity index (χ4n) is 1.12. The van der Waals surface area contributed by atoms with Crippen molar-refractivity contribution in [2.45, 2.75) is 27.2 Å². The molecule has 0 aliphatic rings. The van der Waals surface area contributed by atoms with Crippen LogP contribution in [0.3, 0.4) is 0 Å². The molecule has 0 saturated carbocycles. The fourth-order valence-corrected chi connectivity index (χ4v) is 1.12. The van der Waals surface area contributed by atoms with Crippen LogP contribution in [0.25, 0.3) is 5.65 Å². The van der Waals surface area contributed by atoms with E-state index in [0.29, 0.717) is 0 Å². The molecule has 0 aromatic carbocycles. The lowest BCUT2D eigenvalue weighted by atomic mass is 10.4. The summed E-state index contributed by atoms with van der Waals surface area (Å²) in [7, 11) is 0. The van der Waals surface area contributed by atoms with E-state index in [2.05, 4.69) is 17.0 Å². The Bertz CT molecular complexity index is 365. The Morgan fingerprint density at radius 2 is 2.15 bits per heavy atom. The third kappa shape index (κ3) is 1.86. The molecule has 70 valence electrons. The van der Waals surface area contributed by atoms with E-state index in [-0.39, 0.29) is 0 Å². The van der Waals surface area contributed by atoms with Crippen LogP contribution in [0.2, 0.25) is 0 Å². The molecular weight excluding hydrogens is 162 g/mol. The van der Waals surface area contributed by atoms with Crippen molar-refractivity contribution < 1.29 is 0 Å². The number of fused-ring (bicyclic) bond motifs is 1. The molecule has 13 heavy (non-hydrogen) atoms. The minimum Gasteiger partial charge on any atom is -0.235 e. The molecule has 3 heteroatoms. The average Bonchev–Trinajstić information content (AvgIpc) is 2.64. The Morgan fingerprint density at radius 1 is 1.38 bits per heavy atom.